The Bertz CT molecular complexity index is 602. The minimum absolute atomic E-state index is 0.144. The standard InChI is InChI=1S/C20H31N3O3/c1-3-23(14-21-20(24)8-11-22-9-4-5-10-22)16(2)12-17-6-7-18-19(13-17)26-15-25-18/h6-7,13,16H,3-5,8-12,14-15H2,1-2H3,(H,21,24). The zero-order chi connectivity index (χ0) is 18.4. The maximum absolute atomic E-state index is 12.1. The number of fused-ring (bicyclic) bond motifs is 1. The molecule has 1 atom stereocenters. The van der Waals surface area contributed by atoms with Gasteiger partial charge in [-0.15, -0.1) is 0 Å². The average molecular weight is 361 g/mol. The molecule has 0 aliphatic carbocycles. The third-order valence-corrected chi connectivity index (χ3v) is 5.33. The van der Waals surface area contributed by atoms with Crippen LogP contribution in [0.15, 0.2) is 18.2 Å². The van der Waals surface area contributed by atoms with Gasteiger partial charge in [-0.1, -0.05) is 13.0 Å². The van der Waals surface area contributed by atoms with Crippen LogP contribution in [0.4, 0.5) is 0 Å². The molecule has 144 valence electrons. The summed E-state index contributed by atoms with van der Waals surface area (Å²) in [5.74, 6) is 1.79. The molecule has 6 heteroatoms. The smallest absolute Gasteiger partial charge is 0.231 e. The molecule has 1 saturated heterocycles. The zero-order valence-corrected chi connectivity index (χ0v) is 16.0. The summed E-state index contributed by atoms with van der Waals surface area (Å²) in [4.78, 5) is 16.8. The quantitative estimate of drug-likeness (QED) is 0.684. The number of benzene rings is 1. The van der Waals surface area contributed by atoms with Crippen molar-refractivity contribution in [1.29, 1.82) is 0 Å². The monoisotopic (exact) mass is 361 g/mol. The van der Waals surface area contributed by atoms with Gasteiger partial charge in [-0.25, -0.2) is 0 Å². The fraction of sp³-hybridized carbons (Fsp3) is 0.650. The van der Waals surface area contributed by atoms with Crippen molar-refractivity contribution in [3.05, 3.63) is 23.8 Å². The molecule has 0 aromatic heterocycles. The summed E-state index contributed by atoms with van der Waals surface area (Å²) in [6.07, 6.45) is 4.04. The lowest BCUT2D eigenvalue weighted by Gasteiger charge is -2.28. The van der Waals surface area contributed by atoms with E-state index in [9.17, 15) is 4.79 Å². The van der Waals surface area contributed by atoms with Gasteiger partial charge < -0.3 is 19.7 Å². The number of amides is 1. The first-order chi connectivity index (χ1) is 12.7. The highest BCUT2D eigenvalue weighted by Gasteiger charge is 2.18. The van der Waals surface area contributed by atoms with Crippen LogP contribution in [0.1, 0.15) is 38.7 Å². The molecule has 2 aliphatic heterocycles. The van der Waals surface area contributed by atoms with Crippen LogP contribution in [0.2, 0.25) is 0 Å². The normalized spacial score (nSPS) is 17.7. The first kappa shape index (κ1) is 19.0. The van der Waals surface area contributed by atoms with E-state index >= 15 is 0 Å². The fourth-order valence-electron chi connectivity index (χ4n) is 3.66. The Morgan fingerprint density at radius 3 is 2.81 bits per heavy atom. The number of likely N-dealkylation sites (tertiary alicyclic amines) is 1. The predicted octanol–water partition coefficient (Wildman–Crippen LogP) is 2.23. The predicted molar refractivity (Wildman–Crippen MR) is 101 cm³/mol. The van der Waals surface area contributed by atoms with E-state index in [0.29, 0.717) is 25.9 Å². The molecule has 0 saturated carbocycles. The molecule has 1 amide bonds. The third kappa shape index (κ3) is 5.11. The SMILES string of the molecule is CCN(CNC(=O)CCN1CCCC1)C(C)Cc1ccc2c(c1)OCO2. The highest BCUT2D eigenvalue weighted by Crippen LogP contribution is 2.32. The summed E-state index contributed by atoms with van der Waals surface area (Å²) in [6.45, 7) is 9.29. The molecular formula is C20H31N3O3. The first-order valence-electron chi connectivity index (χ1n) is 9.77. The summed E-state index contributed by atoms with van der Waals surface area (Å²) < 4.78 is 10.8. The topological polar surface area (TPSA) is 54.0 Å². The largest absolute Gasteiger partial charge is 0.454 e. The Morgan fingerprint density at radius 2 is 2.04 bits per heavy atom. The molecule has 3 rings (SSSR count). The van der Waals surface area contributed by atoms with Crippen LogP contribution in [0.25, 0.3) is 0 Å². The second-order valence-electron chi connectivity index (χ2n) is 7.20. The van der Waals surface area contributed by atoms with Crippen LogP contribution in [-0.4, -0.2) is 61.4 Å². The van der Waals surface area contributed by atoms with E-state index < -0.39 is 0 Å². The zero-order valence-electron chi connectivity index (χ0n) is 16.0. The summed E-state index contributed by atoms with van der Waals surface area (Å²) >= 11 is 0. The van der Waals surface area contributed by atoms with Crippen molar-refractivity contribution in [1.82, 2.24) is 15.1 Å². The number of hydrogen-bond acceptors (Lipinski definition) is 5. The van der Waals surface area contributed by atoms with E-state index in [0.717, 1.165) is 44.1 Å². The van der Waals surface area contributed by atoms with Gasteiger partial charge in [0.2, 0.25) is 12.7 Å². The molecule has 6 nitrogen and oxygen atoms in total. The molecule has 1 unspecified atom stereocenters. The van der Waals surface area contributed by atoms with Gasteiger partial charge in [-0.3, -0.25) is 9.69 Å². The highest BCUT2D eigenvalue weighted by atomic mass is 16.7. The maximum Gasteiger partial charge on any atom is 0.231 e. The molecular weight excluding hydrogens is 330 g/mol. The summed E-state index contributed by atoms with van der Waals surface area (Å²) in [5, 5.41) is 3.08. The van der Waals surface area contributed by atoms with Crippen LogP contribution in [-0.2, 0) is 11.2 Å². The van der Waals surface area contributed by atoms with Crippen molar-refractivity contribution in [2.24, 2.45) is 0 Å². The van der Waals surface area contributed by atoms with Crippen molar-refractivity contribution in [2.75, 3.05) is 39.6 Å². The van der Waals surface area contributed by atoms with E-state index in [-0.39, 0.29) is 5.91 Å². The van der Waals surface area contributed by atoms with E-state index in [1.54, 1.807) is 0 Å². The van der Waals surface area contributed by atoms with Crippen molar-refractivity contribution in [3.63, 3.8) is 0 Å². The summed E-state index contributed by atoms with van der Waals surface area (Å²) in [5.41, 5.74) is 1.22. The second kappa shape index (κ2) is 9.24. The first-order valence-corrected chi connectivity index (χ1v) is 9.77. The minimum Gasteiger partial charge on any atom is -0.454 e. The molecule has 0 spiro atoms. The summed E-state index contributed by atoms with van der Waals surface area (Å²) in [7, 11) is 0. The van der Waals surface area contributed by atoms with Gasteiger partial charge in [0, 0.05) is 19.0 Å². The number of nitrogens with zero attached hydrogens (tertiary/aromatic N) is 2. The highest BCUT2D eigenvalue weighted by molar-refractivity contribution is 5.75. The fourth-order valence-corrected chi connectivity index (χ4v) is 3.66. The van der Waals surface area contributed by atoms with E-state index in [2.05, 4.69) is 41.1 Å². The van der Waals surface area contributed by atoms with E-state index in [1.807, 2.05) is 6.07 Å². The molecule has 1 fully saturated rings. The van der Waals surface area contributed by atoms with Crippen molar-refractivity contribution >= 4 is 5.91 Å². The molecule has 1 aromatic carbocycles. The lowest BCUT2D eigenvalue weighted by molar-refractivity contribution is -0.122. The Hall–Kier alpha value is -1.79. The number of hydrogen-bond donors (Lipinski definition) is 1. The molecule has 2 aliphatic rings. The Labute approximate surface area is 156 Å². The van der Waals surface area contributed by atoms with E-state index in [4.69, 9.17) is 9.47 Å². The van der Waals surface area contributed by atoms with Crippen LogP contribution >= 0.6 is 0 Å². The second-order valence-corrected chi connectivity index (χ2v) is 7.20. The molecule has 26 heavy (non-hydrogen) atoms. The maximum atomic E-state index is 12.1. The number of carbonyl (C=O) groups is 1. The molecule has 0 radical (unpaired) electrons. The number of nitrogens with one attached hydrogen (secondary N) is 1. The number of ether oxygens (including phenoxy) is 2. The van der Waals surface area contributed by atoms with Gasteiger partial charge >= 0.3 is 0 Å². The number of carbonyl (C=O) groups excluding carboxylic acids is 1. The molecule has 1 aromatic rings. The number of likely N-dealkylation sites (N-methyl/N-ethyl adjacent to an activating group) is 1. The van der Waals surface area contributed by atoms with Gasteiger partial charge in [-0.05, 0) is 63.5 Å². The van der Waals surface area contributed by atoms with E-state index in [1.165, 1.54) is 18.4 Å². The third-order valence-electron chi connectivity index (χ3n) is 5.33. The van der Waals surface area contributed by atoms with Gasteiger partial charge in [0.15, 0.2) is 11.5 Å². The minimum atomic E-state index is 0.144. The van der Waals surface area contributed by atoms with Gasteiger partial charge in [0.05, 0.1) is 6.67 Å². The van der Waals surface area contributed by atoms with Crippen LogP contribution < -0.4 is 14.8 Å². The van der Waals surface area contributed by atoms with Crippen molar-refractivity contribution < 1.29 is 14.3 Å². The number of rotatable bonds is 9. The van der Waals surface area contributed by atoms with Crippen molar-refractivity contribution in [2.45, 2.75) is 45.6 Å². The van der Waals surface area contributed by atoms with Crippen molar-refractivity contribution in [3.8, 4) is 11.5 Å². The Morgan fingerprint density at radius 1 is 1.27 bits per heavy atom. The van der Waals surface area contributed by atoms with Gasteiger partial charge in [0.25, 0.3) is 0 Å². The molecule has 2 heterocycles. The Kier molecular flexibility index (Phi) is 6.74. The lowest BCUT2D eigenvalue weighted by Crippen LogP contribution is -2.43. The molecule has 1 N–H and O–H groups in total. The average Bonchev–Trinajstić information content (AvgIpc) is 3.31. The lowest BCUT2D eigenvalue weighted by atomic mass is 10.1. The van der Waals surface area contributed by atoms with Crippen LogP contribution in [0.5, 0.6) is 11.5 Å². The van der Waals surface area contributed by atoms with Gasteiger partial charge in [-0.2, -0.15) is 0 Å². The molecule has 0 bridgehead atoms. The van der Waals surface area contributed by atoms with Crippen LogP contribution in [0, 0.1) is 0 Å². The van der Waals surface area contributed by atoms with Gasteiger partial charge in [0.1, 0.15) is 0 Å². The van der Waals surface area contributed by atoms with Crippen LogP contribution in [0.3, 0.4) is 0 Å². The Balaban J connectivity index is 1.42. The summed E-state index contributed by atoms with van der Waals surface area (Å²) in [6, 6.07) is 6.45.